The monoisotopic (exact) mass is 357 g/mol. The fourth-order valence-corrected chi connectivity index (χ4v) is 3.88. The number of rotatable bonds is 6. The number of nitrogens with zero attached hydrogens (tertiary/aromatic N) is 2. The largest absolute Gasteiger partial charge is 0.317 e. The summed E-state index contributed by atoms with van der Waals surface area (Å²) in [7, 11) is 0. The molecular weight excluding hydrogens is 330 g/mol. The summed E-state index contributed by atoms with van der Waals surface area (Å²) < 4.78 is 0. The average Bonchev–Trinajstić information content (AvgIpc) is 2.91. The van der Waals surface area contributed by atoms with E-state index >= 15 is 0 Å². The molecule has 1 saturated heterocycles. The van der Waals surface area contributed by atoms with Crippen LogP contribution in [0.1, 0.15) is 43.4 Å². The van der Waals surface area contributed by atoms with Crippen LogP contribution in [-0.2, 0) is 6.54 Å². The molecule has 0 saturated carbocycles. The van der Waals surface area contributed by atoms with Crippen molar-refractivity contribution in [2.45, 2.75) is 44.7 Å². The Morgan fingerprint density at radius 2 is 2.12 bits per heavy atom. The predicted octanol–water partition coefficient (Wildman–Crippen LogP) is 4.48. The number of aromatic nitrogens is 1. The van der Waals surface area contributed by atoms with Crippen molar-refractivity contribution in [1.29, 1.82) is 0 Å². The minimum atomic E-state index is 0.443. The summed E-state index contributed by atoms with van der Waals surface area (Å²) in [5, 5.41) is 4.35. The molecule has 3 rings (SSSR count). The van der Waals surface area contributed by atoms with E-state index in [1.54, 1.807) is 0 Å². The molecule has 2 atom stereocenters. The molecule has 2 aromatic rings. The first kappa shape index (κ1) is 18.4. The van der Waals surface area contributed by atoms with Crippen molar-refractivity contribution in [3.05, 3.63) is 64.9 Å². The smallest absolute Gasteiger partial charge is 0.0544 e. The van der Waals surface area contributed by atoms with Gasteiger partial charge < -0.3 is 5.32 Å². The van der Waals surface area contributed by atoms with E-state index in [2.05, 4.69) is 46.4 Å². The van der Waals surface area contributed by atoms with Crippen LogP contribution in [0, 0.1) is 0 Å². The summed E-state index contributed by atoms with van der Waals surface area (Å²) in [5.41, 5.74) is 2.46. The van der Waals surface area contributed by atoms with Gasteiger partial charge in [0.25, 0.3) is 0 Å². The molecular formula is C21H28ClN3. The normalized spacial score (nSPS) is 19.6. The molecule has 0 aliphatic carbocycles. The van der Waals surface area contributed by atoms with E-state index in [1.165, 1.54) is 24.8 Å². The van der Waals surface area contributed by atoms with Gasteiger partial charge in [-0.25, -0.2) is 0 Å². The lowest BCUT2D eigenvalue weighted by molar-refractivity contribution is 0.162. The van der Waals surface area contributed by atoms with Gasteiger partial charge in [-0.15, -0.1) is 0 Å². The van der Waals surface area contributed by atoms with Crippen LogP contribution >= 0.6 is 11.6 Å². The summed E-state index contributed by atoms with van der Waals surface area (Å²) in [4.78, 5) is 7.18. The van der Waals surface area contributed by atoms with Gasteiger partial charge in [-0.1, -0.05) is 36.7 Å². The molecule has 134 valence electrons. The Morgan fingerprint density at radius 1 is 1.20 bits per heavy atom. The van der Waals surface area contributed by atoms with Gasteiger partial charge in [-0.05, 0) is 68.1 Å². The van der Waals surface area contributed by atoms with Crippen LogP contribution in [0.25, 0.3) is 0 Å². The third kappa shape index (κ3) is 5.53. The Kier molecular flexibility index (Phi) is 6.85. The zero-order valence-electron chi connectivity index (χ0n) is 15.0. The number of pyridine rings is 1. The standard InChI is InChI=1S/C21H28ClN3/c1-17(18-6-4-7-19(22)14-18)15-25(16-20-8-2-3-12-24-20)21-9-5-11-23-13-10-21/h2-4,6-8,12,14,17,21,23H,5,9-11,13,15-16H2,1H3. The van der Waals surface area contributed by atoms with Crippen LogP contribution in [0.4, 0.5) is 0 Å². The molecule has 1 aromatic carbocycles. The van der Waals surface area contributed by atoms with E-state index in [9.17, 15) is 0 Å². The molecule has 3 nitrogen and oxygen atoms in total. The summed E-state index contributed by atoms with van der Waals surface area (Å²) in [6.07, 6.45) is 5.59. The van der Waals surface area contributed by atoms with Gasteiger partial charge in [-0.2, -0.15) is 0 Å². The summed E-state index contributed by atoms with van der Waals surface area (Å²) in [6.45, 7) is 6.48. The minimum Gasteiger partial charge on any atom is -0.317 e. The zero-order valence-corrected chi connectivity index (χ0v) is 15.8. The topological polar surface area (TPSA) is 28.2 Å². The second-order valence-corrected chi connectivity index (χ2v) is 7.48. The van der Waals surface area contributed by atoms with E-state index in [0.29, 0.717) is 12.0 Å². The van der Waals surface area contributed by atoms with Crippen LogP contribution in [-0.4, -0.2) is 35.6 Å². The highest BCUT2D eigenvalue weighted by molar-refractivity contribution is 6.30. The lowest BCUT2D eigenvalue weighted by atomic mass is 9.98. The maximum Gasteiger partial charge on any atom is 0.0544 e. The van der Waals surface area contributed by atoms with Gasteiger partial charge in [0.05, 0.1) is 5.69 Å². The van der Waals surface area contributed by atoms with Crippen LogP contribution in [0.5, 0.6) is 0 Å². The van der Waals surface area contributed by atoms with Gasteiger partial charge in [0, 0.05) is 30.4 Å². The first-order chi connectivity index (χ1) is 12.2. The van der Waals surface area contributed by atoms with Crippen LogP contribution in [0.3, 0.4) is 0 Å². The first-order valence-corrected chi connectivity index (χ1v) is 9.70. The first-order valence-electron chi connectivity index (χ1n) is 9.32. The summed E-state index contributed by atoms with van der Waals surface area (Å²) in [5.74, 6) is 0.443. The third-order valence-electron chi connectivity index (χ3n) is 5.08. The molecule has 1 aliphatic rings. The highest BCUT2D eigenvalue weighted by Gasteiger charge is 2.23. The van der Waals surface area contributed by atoms with Crippen molar-refractivity contribution in [1.82, 2.24) is 15.2 Å². The van der Waals surface area contributed by atoms with Gasteiger partial charge in [0.15, 0.2) is 0 Å². The van der Waals surface area contributed by atoms with Crippen LogP contribution < -0.4 is 5.32 Å². The molecule has 1 aromatic heterocycles. The predicted molar refractivity (Wildman–Crippen MR) is 105 cm³/mol. The number of halogens is 1. The van der Waals surface area contributed by atoms with Crippen molar-refractivity contribution < 1.29 is 0 Å². The number of hydrogen-bond donors (Lipinski definition) is 1. The van der Waals surface area contributed by atoms with Crippen molar-refractivity contribution in [2.24, 2.45) is 0 Å². The Bertz CT molecular complexity index is 639. The lowest BCUT2D eigenvalue weighted by Crippen LogP contribution is -2.38. The second kappa shape index (κ2) is 9.33. The third-order valence-corrected chi connectivity index (χ3v) is 5.31. The SMILES string of the molecule is CC(CN(Cc1ccccn1)C1CCCNCC1)c1cccc(Cl)c1. The van der Waals surface area contributed by atoms with Crippen LogP contribution in [0.2, 0.25) is 5.02 Å². The minimum absolute atomic E-state index is 0.443. The maximum atomic E-state index is 6.19. The molecule has 0 spiro atoms. The average molecular weight is 358 g/mol. The van der Waals surface area contributed by atoms with Crippen LogP contribution in [0.15, 0.2) is 48.7 Å². The van der Waals surface area contributed by atoms with E-state index < -0.39 is 0 Å². The molecule has 4 heteroatoms. The van der Waals surface area contributed by atoms with E-state index in [0.717, 1.165) is 36.9 Å². The molecule has 0 radical (unpaired) electrons. The quantitative estimate of drug-likeness (QED) is 0.826. The highest BCUT2D eigenvalue weighted by atomic mass is 35.5. The van der Waals surface area contributed by atoms with E-state index in [-0.39, 0.29) is 0 Å². The maximum absolute atomic E-state index is 6.19. The fraction of sp³-hybridized carbons (Fsp3) is 0.476. The lowest BCUT2D eigenvalue weighted by Gasteiger charge is -2.33. The molecule has 0 amide bonds. The van der Waals surface area contributed by atoms with Gasteiger partial charge in [0.1, 0.15) is 0 Å². The molecule has 2 unspecified atom stereocenters. The highest BCUT2D eigenvalue weighted by Crippen LogP contribution is 2.24. The van der Waals surface area contributed by atoms with E-state index in [4.69, 9.17) is 11.6 Å². The Hall–Kier alpha value is -1.42. The van der Waals surface area contributed by atoms with Crippen molar-refractivity contribution in [2.75, 3.05) is 19.6 Å². The van der Waals surface area contributed by atoms with Gasteiger partial charge >= 0.3 is 0 Å². The summed E-state index contributed by atoms with van der Waals surface area (Å²) in [6, 6.07) is 15.1. The number of hydrogen-bond acceptors (Lipinski definition) is 3. The number of nitrogens with one attached hydrogen (secondary N) is 1. The van der Waals surface area contributed by atoms with Gasteiger partial charge in [-0.3, -0.25) is 9.88 Å². The molecule has 2 heterocycles. The van der Waals surface area contributed by atoms with Crippen molar-refractivity contribution in [3.8, 4) is 0 Å². The Morgan fingerprint density at radius 3 is 2.92 bits per heavy atom. The van der Waals surface area contributed by atoms with Gasteiger partial charge in [0.2, 0.25) is 0 Å². The summed E-state index contributed by atoms with van der Waals surface area (Å²) >= 11 is 6.19. The molecule has 25 heavy (non-hydrogen) atoms. The van der Waals surface area contributed by atoms with Crippen molar-refractivity contribution >= 4 is 11.6 Å². The van der Waals surface area contributed by atoms with E-state index in [1.807, 2.05) is 24.4 Å². The fourth-order valence-electron chi connectivity index (χ4n) is 3.68. The molecule has 0 bridgehead atoms. The second-order valence-electron chi connectivity index (χ2n) is 7.04. The molecule has 1 N–H and O–H groups in total. The molecule has 1 aliphatic heterocycles. The Balaban J connectivity index is 1.74. The van der Waals surface area contributed by atoms with Crippen molar-refractivity contribution in [3.63, 3.8) is 0 Å². The number of benzene rings is 1. The molecule has 1 fully saturated rings. The zero-order chi connectivity index (χ0) is 17.5. The Labute approximate surface area is 156 Å².